The maximum atomic E-state index is 11.5. The molecular formula is C17H18N2O. The minimum Gasteiger partial charge on any atom is -0.398 e. The fourth-order valence-electron chi connectivity index (χ4n) is 2.76. The van der Waals surface area contributed by atoms with Crippen LogP contribution in [0.15, 0.2) is 36.4 Å². The molecule has 3 N–H and O–H groups in total. The minimum absolute atomic E-state index is 0.0138. The average molecular weight is 266 g/mol. The Bertz CT molecular complexity index is 677. The van der Waals surface area contributed by atoms with Gasteiger partial charge in [0.25, 0.3) is 0 Å². The number of carbonyl (C=O) groups excluding carboxylic acids is 1. The number of nitrogens with one attached hydrogen (secondary N) is 1. The molecule has 0 bridgehead atoms. The molecule has 2 aromatic rings. The molecule has 3 heteroatoms. The molecule has 20 heavy (non-hydrogen) atoms. The molecule has 0 atom stereocenters. The van der Waals surface area contributed by atoms with Gasteiger partial charge in [0.05, 0.1) is 0 Å². The van der Waals surface area contributed by atoms with Gasteiger partial charge in [-0.05, 0) is 67.6 Å². The number of fused-ring (bicyclic) bond motifs is 1. The molecule has 0 fully saturated rings. The molecule has 0 aliphatic heterocycles. The number of ketones is 1. The largest absolute Gasteiger partial charge is 0.398 e. The summed E-state index contributed by atoms with van der Waals surface area (Å²) < 4.78 is 0. The van der Waals surface area contributed by atoms with Crippen LogP contribution in [0.4, 0.5) is 17.1 Å². The van der Waals surface area contributed by atoms with E-state index in [4.69, 9.17) is 5.73 Å². The van der Waals surface area contributed by atoms with E-state index in [9.17, 15) is 4.79 Å². The summed E-state index contributed by atoms with van der Waals surface area (Å²) in [6.07, 6.45) is 3.59. The molecule has 0 unspecified atom stereocenters. The zero-order chi connectivity index (χ0) is 14.1. The summed E-state index contributed by atoms with van der Waals surface area (Å²) >= 11 is 0. The van der Waals surface area contributed by atoms with E-state index in [0.717, 1.165) is 17.8 Å². The highest BCUT2D eigenvalue weighted by atomic mass is 16.1. The number of anilines is 3. The standard InChI is InChI=1S/C17H18N2O/c1-11(20)16-10-15(7-8-17(16)18)19-14-6-5-12-3-2-4-13(12)9-14/h5-10,19H,2-4,18H2,1H3. The number of hydrogen-bond donors (Lipinski definition) is 2. The molecule has 0 radical (unpaired) electrons. The van der Waals surface area contributed by atoms with Crippen LogP contribution in [-0.4, -0.2) is 5.78 Å². The second-order valence-corrected chi connectivity index (χ2v) is 5.32. The van der Waals surface area contributed by atoms with Gasteiger partial charge in [-0.25, -0.2) is 0 Å². The predicted molar refractivity (Wildman–Crippen MR) is 82.6 cm³/mol. The third-order valence-corrected chi connectivity index (χ3v) is 3.82. The second-order valence-electron chi connectivity index (χ2n) is 5.32. The zero-order valence-corrected chi connectivity index (χ0v) is 11.6. The first kappa shape index (κ1) is 12.7. The van der Waals surface area contributed by atoms with Gasteiger partial charge in [-0.3, -0.25) is 4.79 Å². The highest BCUT2D eigenvalue weighted by Crippen LogP contribution is 2.27. The van der Waals surface area contributed by atoms with Crippen molar-refractivity contribution in [3.8, 4) is 0 Å². The maximum absolute atomic E-state index is 11.5. The van der Waals surface area contributed by atoms with Gasteiger partial charge in [0.2, 0.25) is 0 Å². The molecule has 0 saturated heterocycles. The summed E-state index contributed by atoms with van der Waals surface area (Å²) in [7, 11) is 0. The molecule has 3 nitrogen and oxygen atoms in total. The van der Waals surface area contributed by atoms with Crippen molar-refractivity contribution in [1.82, 2.24) is 0 Å². The Morgan fingerprint density at radius 2 is 1.75 bits per heavy atom. The van der Waals surface area contributed by atoms with Crippen LogP contribution in [0.1, 0.15) is 34.8 Å². The van der Waals surface area contributed by atoms with Gasteiger partial charge in [0.15, 0.2) is 5.78 Å². The smallest absolute Gasteiger partial charge is 0.161 e. The van der Waals surface area contributed by atoms with Gasteiger partial charge in [-0.1, -0.05) is 6.07 Å². The van der Waals surface area contributed by atoms with E-state index in [1.807, 2.05) is 12.1 Å². The van der Waals surface area contributed by atoms with E-state index in [1.165, 1.54) is 30.9 Å². The summed E-state index contributed by atoms with van der Waals surface area (Å²) in [6.45, 7) is 1.53. The van der Waals surface area contributed by atoms with Gasteiger partial charge in [-0.15, -0.1) is 0 Å². The lowest BCUT2D eigenvalue weighted by Gasteiger charge is -2.10. The monoisotopic (exact) mass is 266 g/mol. The van der Waals surface area contributed by atoms with Crippen LogP contribution < -0.4 is 11.1 Å². The molecule has 1 aliphatic rings. The topological polar surface area (TPSA) is 55.1 Å². The molecular weight excluding hydrogens is 248 g/mol. The minimum atomic E-state index is -0.0138. The Hall–Kier alpha value is -2.29. The third-order valence-electron chi connectivity index (χ3n) is 3.82. The maximum Gasteiger partial charge on any atom is 0.161 e. The highest BCUT2D eigenvalue weighted by molar-refractivity contribution is 6.00. The lowest BCUT2D eigenvalue weighted by atomic mass is 10.1. The van der Waals surface area contributed by atoms with E-state index in [-0.39, 0.29) is 5.78 Å². The summed E-state index contributed by atoms with van der Waals surface area (Å²) in [5.41, 5.74) is 11.7. The van der Waals surface area contributed by atoms with Gasteiger partial charge in [-0.2, -0.15) is 0 Å². The molecule has 0 heterocycles. The molecule has 0 amide bonds. The number of hydrogen-bond acceptors (Lipinski definition) is 3. The molecule has 0 aromatic heterocycles. The van der Waals surface area contributed by atoms with Crippen molar-refractivity contribution in [2.45, 2.75) is 26.2 Å². The van der Waals surface area contributed by atoms with E-state index in [0.29, 0.717) is 11.3 Å². The Labute approximate surface area is 118 Å². The van der Waals surface area contributed by atoms with Crippen molar-refractivity contribution < 1.29 is 4.79 Å². The SMILES string of the molecule is CC(=O)c1cc(Nc2ccc3c(c2)CCC3)ccc1N. The summed E-state index contributed by atoms with van der Waals surface area (Å²) in [6, 6.07) is 12.0. The van der Waals surface area contributed by atoms with Crippen LogP contribution in [0.25, 0.3) is 0 Å². The number of aryl methyl sites for hydroxylation is 2. The highest BCUT2D eigenvalue weighted by Gasteiger charge is 2.11. The van der Waals surface area contributed by atoms with Crippen LogP contribution in [-0.2, 0) is 12.8 Å². The second kappa shape index (κ2) is 5.00. The van der Waals surface area contributed by atoms with Crippen LogP contribution in [0.5, 0.6) is 0 Å². The Morgan fingerprint density at radius 1 is 1.05 bits per heavy atom. The first-order valence-corrected chi connectivity index (χ1v) is 6.93. The van der Waals surface area contributed by atoms with Crippen LogP contribution in [0, 0.1) is 0 Å². The van der Waals surface area contributed by atoms with Gasteiger partial charge >= 0.3 is 0 Å². The van der Waals surface area contributed by atoms with Crippen molar-refractivity contribution in [2.24, 2.45) is 0 Å². The van der Waals surface area contributed by atoms with Gasteiger partial charge < -0.3 is 11.1 Å². The van der Waals surface area contributed by atoms with Crippen LogP contribution in [0.2, 0.25) is 0 Å². The predicted octanol–water partition coefficient (Wildman–Crippen LogP) is 3.70. The molecule has 0 saturated carbocycles. The number of rotatable bonds is 3. The Balaban J connectivity index is 1.88. The number of carbonyl (C=O) groups is 1. The van der Waals surface area contributed by atoms with Crippen LogP contribution >= 0.6 is 0 Å². The molecule has 1 aliphatic carbocycles. The van der Waals surface area contributed by atoms with Crippen LogP contribution in [0.3, 0.4) is 0 Å². The fourth-order valence-corrected chi connectivity index (χ4v) is 2.76. The third kappa shape index (κ3) is 2.39. The average Bonchev–Trinajstić information content (AvgIpc) is 2.88. The summed E-state index contributed by atoms with van der Waals surface area (Å²) in [5, 5.41) is 3.35. The lowest BCUT2D eigenvalue weighted by Crippen LogP contribution is -2.01. The molecule has 0 spiro atoms. The van der Waals surface area contributed by atoms with E-state index in [1.54, 1.807) is 6.07 Å². The number of benzene rings is 2. The number of nitrogens with two attached hydrogens (primary N) is 1. The normalized spacial score (nSPS) is 13.1. The van der Waals surface area contributed by atoms with Crippen molar-refractivity contribution in [3.63, 3.8) is 0 Å². The first-order chi connectivity index (χ1) is 9.63. The molecule has 3 rings (SSSR count). The van der Waals surface area contributed by atoms with E-state index < -0.39 is 0 Å². The van der Waals surface area contributed by atoms with Crippen molar-refractivity contribution in [1.29, 1.82) is 0 Å². The number of nitrogen functional groups attached to an aromatic ring is 1. The van der Waals surface area contributed by atoms with E-state index >= 15 is 0 Å². The van der Waals surface area contributed by atoms with Crippen molar-refractivity contribution >= 4 is 22.8 Å². The fraction of sp³-hybridized carbons (Fsp3) is 0.235. The molecule has 102 valence electrons. The van der Waals surface area contributed by atoms with Gasteiger partial charge in [0.1, 0.15) is 0 Å². The molecule has 2 aromatic carbocycles. The first-order valence-electron chi connectivity index (χ1n) is 6.93. The Kier molecular flexibility index (Phi) is 3.18. The van der Waals surface area contributed by atoms with Crippen molar-refractivity contribution in [2.75, 3.05) is 11.1 Å². The lowest BCUT2D eigenvalue weighted by molar-refractivity contribution is 0.101. The summed E-state index contributed by atoms with van der Waals surface area (Å²) in [4.78, 5) is 11.5. The van der Waals surface area contributed by atoms with Gasteiger partial charge in [0, 0.05) is 22.6 Å². The van der Waals surface area contributed by atoms with Crippen molar-refractivity contribution in [3.05, 3.63) is 53.1 Å². The van der Waals surface area contributed by atoms with E-state index in [2.05, 4.69) is 23.5 Å². The summed E-state index contributed by atoms with van der Waals surface area (Å²) in [5.74, 6) is -0.0138. The number of Topliss-reactive ketones (excluding diaryl/α,β-unsaturated/α-hetero) is 1. The zero-order valence-electron chi connectivity index (χ0n) is 11.6. The quantitative estimate of drug-likeness (QED) is 0.658. The Morgan fingerprint density at radius 3 is 2.55 bits per heavy atom.